The Bertz CT molecular complexity index is 950. The number of rotatable bonds is 8. The van der Waals surface area contributed by atoms with E-state index in [1.165, 1.54) is 23.1 Å². The molecule has 0 spiro atoms. The molecule has 0 aliphatic carbocycles. The number of carbonyl (C=O) groups is 1. The predicted octanol–water partition coefficient (Wildman–Crippen LogP) is 4.05. The van der Waals surface area contributed by atoms with E-state index in [9.17, 15) is 4.79 Å². The van der Waals surface area contributed by atoms with E-state index in [1.54, 1.807) is 0 Å². The Balaban J connectivity index is 1.64. The van der Waals surface area contributed by atoms with E-state index < -0.39 is 0 Å². The maximum absolute atomic E-state index is 12.3. The van der Waals surface area contributed by atoms with Crippen LogP contribution in [0.1, 0.15) is 31.3 Å². The van der Waals surface area contributed by atoms with Crippen LogP contribution in [0, 0.1) is 12.8 Å². The quantitative estimate of drug-likeness (QED) is 0.558. The van der Waals surface area contributed by atoms with E-state index in [4.69, 9.17) is 0 Å². The van der Waals surface area contributed by atoms with Gasteiger partial charge in [-0.1, -0.05) is 61.2 Å². The summed E-state index contributed by atoms with van der Waals surface area (Å²) < 4.78 is 2.03. The molecule has 3 aromatic rings. The van der Waals surface area contributed by atoms with Crippen molar-refractivity contribution < 1.29 is 4.79 Å². The average Bonchev–Trinajstić information content (AvgIpc) is 3.26. The van der Waals surface area contributed by atoms with Gasteiger partial charge in [-0.25, -0.2) is 0 Å². The Hall–Kier alpha value is -2.26. The first-order valence-corrected chi connectivity index (χ1v) is 11.0. The number of benzene rings is 1. The Labute approximate surface area is 173 Å². The molecule has 2 heterocycles. The fraction of sp³-hybridized carbons (Fsp3) is 0.421. The molecule has 9 heteroatoms. The van der Waals surface area contributed by atoms with Gasteiger partial charge in [0.15, 0.2) is 11.0 Å². The zero-order valence-corrected chi connectivity index (χ0v) is 18.1. The molecule has 0 unspecified atom stereocenters. The predicted molar refractivity (Wildman–Crippen MR) is 114 cm³/mol. The number of aromatic nitrogens is 5. The molecule has 2 aromatic heterocycles. The molecule has 3 rings (SSSR count). The first-order valence-electron chi connectivity index (χ1n) is 9.22. The zero-order chi connectivity index (χ0) is 20.1. The van der Waals surface area contributed by atoms with Crippen molar-refractivity contribution in [1.82, 2.24) is 25.0 Å². The summed E-state index contributed by atoms with van der Waals surface area (Å²) in [5, 5.41) is 21.8. The largest absolute Gasteiger partial charge is 0.302 e. The van der Waals surface area contributed by atoms with E-state index in [2.05, 4.69) is 52.5 Å². The molecule has 1 N–H and O–H groups in total. The van der Waals surface area contributed by atoms with E-state index in [-0.39, 0.29) is 11.7 Å². The highest BCUT2D eigenvalue weighted by molar-refractivity contribution is 7.99. The fourth-order valence-corrected chi connectivity index (χ4v) is 4.50. The summed E-state index contributed by atoms with van der Waals surface area (Å²) in [7, 11) is 0. The molecule has 7 nitrogen and oxygen atoms in total. The van der Waals surface area contributed by atoms with Gasteiger partial charge in [-0.2, -0.15) is 0 Å². The third-order valence-electron chi connectivity index (χ3n) is 4.05. The van der Waals surface area contributed by atoms with Crippen LogP contribution in [0.2, 0.25) is 0 Å². The van der Waals surface area contributed by atoms with Gasteiger partial charge in [0.25, 0.3) is 0 Å². The zero-order valence-electron chi connectivity index (χ0n) is 16.5. The lowest BCUT2D eigenvalue weighted by molar-refractivity contribution is -0.113. The van der Waals surface area contributed by atoms with Gasteiger partial charge in [0, 0.05) is 18.5 Å². The van der Waals surface area contributed by atoms with Crippen molar-refractivity contribution >= 4 is 34.1 Å². The second kappa shape index (κ2) is 9.29. The number of anilines is 1. The van der Waals surface area contributed by atoms with Crippen LogP contribution in [0.25, 0.3) is 11.4 Å². The second-order valence-corrected chi connectivity index (χ2v) is 8.81. The Kier molecular flexibility index (Phi) is 6.79. The van der Waals surface area contributed by atoms with Crippen LogP contribution in [0.5, 0.6) is 0 Å². The number of hydrogen-bond donors (Lipinski definition) is 1. The lowest BCUT2D eigenvalue weighted by atomic mass is 10.1. The summed E-state index contributed by atoms with van der Waals surface area (Å²) in [6.45, 7) is 9.10. The third-order valence-corrected chi connectivity index (χ3v) is 5.88. The Morgan fingerprint density at radius 2 is 2.00 bits per heavy atom. The van der Waals surface area contributed by atoms with Gasteiger partial charge in [-0.3, -0.25) is 10.1 Å². The maximum atomic E-state index is 12.3. The monoisotopic (exact) mass is 416 g/mol. The highest BCUT2D eigenvalue weighted by atomic mass is 32.2. The highest BCUT2D eigenvalue weighted by Crippen LogP contribution is 2.26. The van der Waals surface area contributed by atoms with Crippen molar-refractivity contribution in [2.24, 2.45) is 5.92 Å². The average molecular weight is 417 g/mol. The van der Waals surface area contributed by atoms with Crippen LogP contribution in [0.3, 0.4) is 0 Å². The van der Waals surface area contributed by atoms with Gasteiger partial charge < -0.3 is 4.57 Å². The van der Waals surface area contributed by atoms with Crippen molar-refractivity contribution in [2.75, 3.05) is 11.1 Å². The number of carbonyl (C=O) groups excluding carboxylic acids is 1. The Morgan fingerprint density at radius 3 is 2.71 bits per heavy atom. The first-order chi connectivity index (χ1) is 13.5. The summed E-state index contributed by atoms with van der Waals surface area (Å²) in [6.07, 6.45) is 0.865. The van der Waals surface area contributed by atoms with Crippen molar-refractivity contribution in [1.29, 1.82) is 0 Å². The summed E-state index contributed by atoms with van der Waals surface area (Å²) in [6, 6.07) is 8.09. The topological polar surface area (TPSA) is 85.6 Å². The molecular formula is C19H24N6OS2. The van der Waals surface area contributed by atoms with E-state index in [1.807, 2.05) is 29.7 Å². The maximum Gasteiger partial charge on any atom is 0.236 e. The van der Waals surface area contributed by atoms with E-state index in [0.717, 1.165) is 40.1 Å². The minimum Gasteiger partial charge on any atom is -0.302 e. The van der Waals surface area contributed by atoms with Crippen LogP contribution >= 0.6 is 23.1 Å². The van der Waals surface area contributed by atoms with Crippen LogP contribution in [-0.4, -0.2) is 36.6 Å². The van der Waals surface area contributed by atoms with Crippen molar-refractivity contribution in [3.63, 3.8) is 0 Å². The summed E-state index contributed by atoms with van der Waals surface area (Å²) in [5.41, 5.74) is 2.20. The van der Waals surface area contributed by atoms with Crippen LogP contribution < -0.4 is 5.32 Å². The molecule has 0 atom stereocenters. The second-order valence-electron chi connectivity index (χ2n) is 6.80. The SMILES string of the molecule is CCn1c(SCC(=O)Nc2nnc(CC(C)C)s2)nnc1-c1ccccc1C. The molecule has 1 aromatic carbocycles. The molecular weight excluding hydrogens is 392 g/mol. The summed E-state index contributed by atoms with van der Waals surface area (Å²) in [5.74, 6) is 1.45. The smallest absolute Gasteiger partial charge is 0.236 e. The molecule has 1 amide bonds. The third kappa shape index (κ3) is 4.96. The van der Waals surface area contributed by atoms with Gasteiger partial charge >= 0.3 is 0 Å². The van der Waals surface area contributed by atoms with Crippen LogP contribution in [0.4, 0.5) is 5.13 Å². The Morgan fingerprint density at radius 1 is 1.21 bits per heavy atom. The number of nitrogens with zero attached hydrogens (tertiary/aromatic N) is 5. The standard InChI is InChI=1S/C19H24N6OS2/c1-5-25-17(14-9-7-6-8-13(14)4)22-24-19(25)27-11-15(26)20-18-23-21-16(28-18)10-12(2)3/h6-9,12H,5,10-11H2,1-4H3,(H,20,23,26). The molecule has 0 aliphatic rings. The number of nitrogens with one attached hydrogen (secondary N) is 1. The molecule has 0 saturated carbocycles. The van der Waals surface area contributed by atoms with Crippen LogP contribution in [0.15, 0.2) is 29.4 Å². The molecule has 0 fully saturated rings. The minimum absolute atomic E-state index is 0.125. The normalized spacial score (nSPS) is 11.2. The summed E-state index contributed by atoms with van der Waals surface area (Å²) in [4.78, 5) is 12.3. The minimum atomic E-state index is -0.125. The highest BCUT2D eigenvalue weighted by Gasteiger charge is 2.16. The van der Waals surface area contributed by atoms with E-state index >= 15 is 0 Å². The first kappa shape index (κ1) is 20.5. The molecule has 28 heavy (non-hydrogen) atoms. The molecule has 148 valence electrons. The van der Waals surface area contributed by atoms with Gasteiger partial charge in [0.05, 0.1) is 5.75 Å². The molecule has 0 bridgehead atoms. The fourth-order valence-electron chi connectivity index (χ4n) is 2.72. The molecule has 0 aliphatic heterocycles. The lowest BCUT2D eigenvalue weighted by Crippen LogP contribution is -2.14. The summed E-state index contributed by atoms with van der Waals surface area (Å²) >= 11 is 2.80. The number of amides is 1. The van der Waals surface area contributed by atoms with Crippen LogP contribution in [-0.2, 0) is 17.8 Å². The van der Waals surface area contributed by atoms with Gasteiger partial charge in [-0.05, 0) is 25.3 Å². The lowest BCUT2D eigenvalue weighted by Gasteiger charge is -2.09. The number of hydrogen-bond acceptors (Lipinski definition) is 7. The number of thioether (sulfide) groups is 1. The van der Waals surface area contributed by atoms with Gasteiger partial charge in [0.2, 0.25) is 11.0 Å². The van der Waals surface area contributed by atoms with Crippen molar-refractivity contribution in [3.8, 4) is 11.4 Å². The van der Waals surface area contributed by atoms with E-state index in [0.29, 0.717) is 11.0 Å². The van der Waals surface area contributed by atoms with Gasteiger partial charge in [0.1, 0.15) is 5.01 Å². The van der Waals surface area contributed by atoms with Crippen molar-refractivity contribution in [2.45, 2.75) is 45.8 Å². The molecule has 0 radical (unpaired) electrons. The molecule has 0 saturated heterocycles. The number of aryl methyl sites for hydroxylation is 1. The van der Waals surface area contributed by atoms with Gasteiger partial charge in [-0.15, -0.1) is 20.4 Å². The van der Waals surface area contributed by atoms with Crippen molar-refractivity contribution in [3.05, 3.63) is 34.8 Å².